The first-order chi connectivity index (χ1) is 8.18. The van der Waals surface area contributed by atoms with Crippen LogP contribution in [0, 0.1) is 0 Å². The van der Waals surface area contributed by atoms with Crippen LogP contribution in [0.15, 0.2) is 12.7 Å². The molecule has 1 atom stereocenters. The summed E-state index contributed by atoms with van der Waals surface area (Å²) in [5.41, 5.74) is 0. The van der Waals surface area contributed by atoms with E-state index in [2.05, 4.69) is 6.58 Å². The third-order valence-electron chi connectivity index (χ3n) is 2.64. The Morgan fingerprint density at radius 3 is 2.24 bits per heavy atom. The van der Waals surface area contributed by atoms with Crippen molar-refractivity contribution in [1.82, 2.24) is 0 Å². The van der Waals surface area contributed by atoms with E-state index < -0.39 is 12.1 Å². The fourth-order valence-corrected chi connectivity index (χ4v) is 1.57. The summed E-state index contributed by atoms with van der Waals surface area (Å²) < 4.78 is 4.86. The average molecular weight is 242 g/mol. The molecule has 17 heavy (non-hydrogen) atoms. The van der Waals surface area contributed by atoms with Crippen LogP contribution in [-0.2, 0) is 9.53 Å². The maximum absolute atomic E-state index is 10.9. The summed E-state index contributed by atoms with van der Waals surface area (Å²) in [6, 6.07) is 0. The first-order valence-electron chi connectivity index (χ1n) is 6.64. The third kappa shape index (κ3) is 11.4. The largest absolute Gasteiger partial charge is 0.464 e. The van der Waals surface area contributed by atoms with Crippen LogP contribution >= 0.6 is 0 Å². The molecule has 0 aromatic carbocycles. The van der Waals surface area contributed by atoms with Gasteiger partial charge in [-0.1, -0.05) is 38.2 Å². The number of carbonyl (C=O) groups excluding carboxylic acids is 1. The Morgan fingerprint density at radius 1 is 1.18 bits per heavy atom. The summed E-state index contributed by atoms with van der Waals surface area (Å²) in [6.45, 7) is 5.55. The molecule has 0 saturated heterocycles. The normalized spacial score (nSPS) is 12.1. The second kappa shape index (κ2) is 11.6. The Bertz CT molecular complexity index is 200. The van der Waals surface area contributed by atoms with Gasteiger partial charge in [0.2, 0.25) is 0 Å². The quantitative estimate of drug-likeness (QED) is 0.344. The monoisotopic (exact) mass is 242 g/mol. The molecule has 0 aromatic rings. The van der Waals surface area contributed by atoms with Crippen LogP contribution in [0.1, 0.15) is 58.3 Å². The van der Waals surface area contributed by atoms with Crippen molar-refractivity contribution in [2.24, 2.45) is 0 Å². The summed E-state index contributed by atoms with van der Waals surface area (Å²) in [5, 5.41) is 8.88. The van der Waals surface area contributed by atoms with Crippen LogP contribution in [0.2, 0.25) is 0 Å². The van der Waals surface area contributed by atoms with Gasteiger partial charge in [0.05, 0.1) is 6.61 Å². The molecule has 0 spiro atoms. The highest BCUT2D eigenvalue weighted by molar-refractivity contribution is 5.73. The molecule has 1 N–H and O–H groups in total. The van der Waals surface area contributed by atoms with Gasteiger partial charge in [-0.15, -0.1) is 6.58 Å². The van der Waals surface area contributed by atoms with E-state index in [9.17, 15) is 4.79 Å². The molecular weight excluding hydrogens is 216 g/mol. The van der Waals surface area contributed by atoms with Crippen molar-refractivity contribution < 1.29 is 14.6 Å². The van der Waals surface area contributed by atoms with Crippen LogP contribution in [0.25, 0.3) is 0 Å². The van der Waals surface area contributed by atoms with Crippen LogP contribution < -0.4 is 0 Å². The molecule has 0 saturated carbocycles. The molecule has 1 unspecified atom stereocenters. The molecule has 3 nitrogen and oxygen atoms in total. The second-order valence-electron chi connectivity index (χ2n) is 4.40. The molecule has 100 valence electrons. The molecule has 0 aliphatic heterocycles. The number of ether oxygens (including phenoxy) is 1. The fourth-order valence-electron chi connectivity index (χ4n) is 1.57. The zero-order valence-corrected chi connectivity index (χ0v) is 11.0. The van der Waals surface area contributed by atoms with Gasteiger partial charge in [0.1, 0.15) is 6.10 Å². The lowest BCUT2D eigenvalue weighted by molar-refractivity contribution is -0.152. The minimum atomic E-state index is -1.00. The number of aliphatic hydroxyl groups excluding tert-OH is 1. The molecule has 0 amide bonds. The second-order valence-corrected chi connectivity index (χ2v) is 4.40. The van der Waals surface area contributed by atoms with Gasteiger partial charge in [-0.25, -0.2) is 4.79 Å². The van der Waals surface area contributed by atoms with Crippen molar-refractivity contribution in [1.29, 1.82) is 0 Å². The molecular formula is C14H26O3. The lowest BCUT2D eigenvalue weighted by Crippen LogP contribution is -2.19. The average Bonchev–Trinajstić information content (AvgIpc) is 2.31. The molecule has 0 aliphatic carbocycles. The molecule has 3 heteroatoms. The Balaban J connectivity index is 3.08. The van der Waals surface area contributed by atoms with Gasteiger partial charge in [-0.3, -0.25) is 0 Å². The van der Waals surface area contributed by atoms with Crippen LogP contribution in [0.3, 0.4) is 0 Å². The smallest absolute Gasteiger partial charge is 0.334 e. The van der Waals surface area contributed by atoms with E-state index in [-0.39, 0.29) is 0 Å². The topological polar surface area (TPSA) is 46.5 Å². The van der Waals surface area contributed by atoms with Gasteiger partial charge in [0.25, 0.3) is 0 Å². The molecule has 0 rings (SSSR count). The zero-order chi connectivity index (χ0) is 12.9. The third-order valence-corrected chi connectivity index (χ3v) is 2.64. The van der Waals surface area contributed by atoms with Crippen molar-refractivity contribution in [2.45, 2.75) is 64.4 Å². The summed E-state index contributed by atoms with van der Waals surface area (Å²) in [5.74, 6) is -0.519. The standard InChI is InChI=1S/C14H26O3/c1-3-4-5-6-7-8-9-10-11-12-17-14(16)13(2)15/h3,13,15H,1,4-12H2,2H3. The van der Waals surface area contributed by atoms with Crippen molar-refractivity contribution >= 4 is 5.97 Å². The Labute approximate surface area is 105 Å². The van der Waals surface area contributed by atoms with E-state index >= 15 is 0 Å². The zero-order valence-electron chi connectivity index (χ0n) is 11.0. The number of rotatable bonds is 11. The molecule has 0 aromatic heterocycles. The molecule has 0 fully saturated rings. The number of carbonyl (C=O) groups is 1. The number of allylic oxidation sites excluding steroid dienone is 1. The highest BCUT2D eigenvalue weighted by Gasteiger charge is 2.08. The predicted octanol–water partition coefficient (Wildman–Crippen LogP) is 3.22. The number of unbranched alkanes of at least 4 members (excludes halogenated alkanes) is 7. The van der Waals surface area contributed by atoms with E-state index in [1.165, 1.54) is 39.0 Å². The van der Waals surface area contributed by atoms with Gasteiger partial charge in [0.15, 0.2) is 0 Å². The summed E-state index contributed by atoms with van der Waals surface area (Å²) in [4.78, 5) is 10.9. The lowest BCUT2D eigenvalue weighted by Gasteiger charge is -2.06. The Hall–Kier alpha value is -0.830. The van der Waals surface area contributed by atoms with Gasteiger partial charge < -0.3 is 9.84 Å². The Morgan fingerprint density at radius 2 is 1.71 bits per heavy atom. The predicted molar refractivity (Wildman–Crippen MR) is 69.8 cm³/mol. The molecule has 0 aliphatic rings. The summed E-state index contributed by atoms with van der Waals surface area (Å²) >= 11 is 0. The lowest BCUT2D eigenvalue weighted by atomic mass is 10.1. The van der Waals surface area contributed by atoms with Crippen molar-refractivity contribution in [3.63, 3.8) is 0 Å². The number of aliphatic hydroxyl groups is 1. The van der Waals surface area contributed by atoms with Crippen LogP contribution in [0.5, 0.6) is 0 Å². The number of esters is 1. The van der Waals surface area contributed by atoms with E-state index in [0.29, 0.717) is 6.61 Å². The van der Waals surface area contributed by atoms with Crippen molar-refractivity contribution in [2.75, 3.05) is 6.61 Å². The maximum Gasteiger partial charge on any atom is 0.334 e. The van der Waals surface area contributed by atoms with Crippen molar-refractivity contribution in [3.8, 4) is 0 Å². The minimum Gasteiger partial charge on any atom is -0.464 e. The van der Waals surface area contributed by atoms with E-state index in [1.807, 2.05) is 6.08 Å². The van der Waals surface area contributed by atoms with Crippen LogP contribution in [0.4, 0.5) is 0 Å². The fraction of sp³-hybridized carbons (Fsp3) is 0.786. The number of hydrogen-bond donors (Lipinski definition) is 1. The molecule has 0 heterocycles. The highest BCUT2D eigenvalue weighted by atomic mass is 16.5. The van der Waals surface area contributed by atoms with E-state index in [1.54, 1.807) is 0 Å². The highest BCUT2D eigenvalue weighted by Crippen LogP contribution is 2.08. The van der Waals surface area contributed by atoms with Gasteiger partial charge >= 0.3 is 5.97 Å². The molecule has 0 bridgehead atoms. The van der Waals surface area contributed by atoms with Gasteiger partial charge in [0, 0.05) is 0 Å². The first kappa shape index (κ1) is 16.2. The van der Waals surface area contributed by atoms with E-state index in [0.717, 1.165) is 19.3 Å². The van der Waals surface area contributed by atoms with E-state index in [4.69, 9.17) is 9.84 Å². The maximum atomic E-state index is 10.9. The van der Waals surface area contributed by atoms with Crippen LogP contribution in [-0.4, -0.2) is 23.8 Å². The summed E-state index contributed by atoms with van der Waals surface area (Å²) in [6.07, 6.45) is 10.3. The first-order valence-corrected chi connectivity index (χ1v) is 6.64. The summed E-state index contributed by atoms with van der Waals surface area (Å²) in [7, 11) is 0. The number of hydrogen-bond acceptors (Lipinski definition) is 3. The minimum absolute atomic E-state index is 0.431. The molecule has 0 radical (unpaired) electrons. The SMILES string of the molecule is C=CCCCCCCCCCOC(=O)C(C)O. The van der Waals surface area contributed by atoms with Crippen molar-refractivity contribution in [3.05, 3.63) is 12.7 Å². The van der Waals surface area contributed by atoms with Gasteiger partial charge in [-0.2, -0.15) is 0 Å². The van der Waals surface area contributed by atoms with Gasteiger partial charge in [-0.05, 0) is 26.2 Å². The Kier molecular flexibility index (Phi) is 11.1.